The standard InChI is InChI=1S/C21H34N2O3S/c1-15(25-13-21-8-6-18(7-9-21)26-14-21)19(22)12-24-17-4-2-16(3-5-17)20-23-10-11-27-20/h10-11,15-19H,2-9,12-14,22H2,1H3/t15-,16?,17?,18?,19-,21?/m1/s1. The van der Waals surface area contributed by atoms with Crippen LogP contribution in [-0.4, -0.2) is 49.2 Å². The van der Waals surface area contributed by atoms with E-state index in [1.165, 1.54) is 43.5 Å². The van der Waals surface area contributed by atoms with Crippen molar-refractivity contribution in [3.05, 3.63) is 16.6 Å². The van der Waals surface area contributed by atoms with Gasteiger partial charge in [-0.25, -0.2) is 4.98 Å². The smallest absolute Gasteiger partial charge is 0.0955 e. The Labute approximate surface area is 167 Å². The first-order valence-corrected chi connectivity index (χ1v) is 11.5. The first kappa shape index (κ1) is 19.8. The molecule has 0 spiro atoms. The molecule has 0 amide bonds. The van der Waals surface area contributed by atoms with Crippen molar-refractivity contribution in [3.8, 4) is 0 Å². The van der Waals surface area contributed by atoms with Crippen LogP contribution in [0.5, 0.6) is 0 Å². The molecule has 2 N–H and O–H groups in total. The first-order valence-electron chi connectivity index (χ1n) is 10.6. The Hall–Kier alpha value is -0.530. The predicted molar refractivity (Wildman–Crippen MR) is 107 cm³/mol. The highest BCUT2D eigenvalue weighted by Crippen LogP contribution is 2.43. The van der Waals surface area contributed by atoms with Crippen LogP contribution in [0.4, 0.5) is 0 Å². The lowest BCUT2D eigenvalue weighted by molar-refractivity contribution is -0.151. The Bertz CT molecular complexity index is 552. The summed E-state index contributed by atoms with van der Waals surface area (Å²) in [6, 6.07) is -0.0704. The number of nitrogens with zero attached hydrogens (tertiary/aromatic N) is 1. The summed E-state index contributed by atoms with van der Waals surface area (Å²) in [5.74, 6) is 0.618. The molecule has 2 atom stereocenters. The first-order chi connectivity index (χ1) is 13.1. The monoisotopic (exact) mass is 394 g/mol. The summed E-state index contributed by atoms with van der Waals surface area (Å²) in [6.07, 6.45) is 12.2. The molecule has 2 aliphatic heterocycles. The van der Waals surface area contributed by atoms with Crippen LogP contribution in [0, 0.1) is 5.41 Å². The summed E-state index contributed by atoms with van der Waals surface area (Å²) in [5, 5.41) is 3.36. The molecule has 1 aromatic rings. The van der Waals surface area contributed by atoms with Crippen molar-refractivity contribution in [1.29, 1.82) is 0 Å². The summed E-state index contributed by atoms with van der Waals surface area (Å²) in [5.41, 5.74) is 6.59. The van der Waals surface area contributed by atoms with E-state index in [1.807, 2.05) is 6.20 Å². The molecule has 2 aliphatic carbocycles. The van der Waals surface area contributed by atoms with Gasteiger partial charge in [0.2, 0.25) is 0 Å². The van der Waals surface area contributed by atoms with E-state index in [0.29, 0.717) is 24.7 Å². The minimum atomic E-state index is -0.0704. The zero-order valence-corrected chi connectivity index (χ0v) is 17.3. The Kier molecular flexibility index (Phi) is 6.49. The number of thiazole rings is 1. The molecule has 4 fully saturated rings. The highest BCUT2D eigenvalue weighted by atomic mass is 32.1. The Morgan fingerprint density at radius 3 is 2.67 bits per heavy atom. The molecule has 4 aliphatic rings. The van der Waals surface area contributed by atoms with E-state index in [-0.39, 0.29) is 17.6 Å². The fourth-order valence-corrected chi connectivity index (χ4v) is 5.53. The SMILES string of the molecule is C[C@@H](OCC12CCC(CC1)OC2)[C@H](N)COC1CCC(c2nccs2)CC1. The molecule has 1 aromatic heterocycles. The van der Waals surface area contributed by atoms with Gasteiger partial charge in [-0.3, -0.25) is 0 Å². The molecule has 2 saturated carbocycles. The fraction of sp³-hybridized carbons (Fsp3) is 0.857. The van der Waals surface area contributed by atoms with Gasteiger partial charge in [0.1, 0.15) is 0 Å². The predicted octanol–water partition coefficient (Wildman–Crippen LogP) is 3.88. The van der Waals surface area contributed by atoms with Crippen molar-refractivity contribution in [3.63, 3.8) is 0 Å². The maximum absolute atomic E-state index is 6.36. The molecule has 2 bridgehead atoms. The Morgan fingerprint density at radius 2 is 2.04 bits per heavy atom. The van der Waals surface area contributed by atoms with E-state index < -0.39 is 0 Å². The third kappa shape index (κ3) is 4.91. The number of nitrogens with two attached hydrogens (primary N) is 1. The summed E-state index contributed by atoms with van der Waals surface area (Å²) in [6.45, 7) is 4.30. The third-order valence-electron chi connectivity index (χ3n) is 6.87. The summed E-state index contributed by atoms with van der Waals surface area (Å²) in [4.78, 5) is 4.47. The highest BCUT2D eigenvalue weighted by molar-refractivity contribution is 7.09. The van der Waals surface area contributed by atoms with Crippen molar-refractivity contribution < 1.29 is 14.2 Å². The molecular weight excluding hydrogens is 360 g/mol. The van der Waals surface area contributed by atoms with E-state index >= 15 is 0 Å². The topological polar surface area (TPSA) is 66.6 Å². The van der Waals surface area contributed by atoms with Gasteiger partial charge in [-0.15, -0.1) is 11.3 Å². The minimum absolute atomic E-state index is 0.0192. The maximum Gasteiger partial charge on any atom is 0.0955 e. The van der Waals surface area contributed by atoms with E-state index in [9.17, 15) is 0 Å². The average molecular weight is 395 g/mol. The van der Waals surface area contributed by atoms with Crippen LogP contribution in [-0.2, 0) is 14.2 Å². The van der Waals surface area contributed by atoms with Crippen LogP contribution in [0.25, 0.3) is 0 Å². The van der Waals surface area contributed by atoms with Crippen molar-refractivity contribution in [2.45, 2.75) is 88.6 Å². The lowest BCUT2D eigenvalue weighted by atomic mass is 9.72. The van der Waals surface area contributed by atoms with Crippen molar-refractivity contribution >= 4 is 11.3 Å². The van der Waals surface area contributed by atoms with Gasteiger partial charge in [0, 0.05) is 22.9 Å². The lowest BCUT2D eigenvalue weighted by Crippen LogP contribution is -2.47. The molecule has 6 heteroatoms. The van der Waals surface area contributed by atoms with Crippen LogP contribution in [0.3, 0.4) is 0 Å². The van der Waals surface area contributed by atoms with Crippen LogP contribution in [0.1, 0.15) is 69.2 Å². The summed E-state index contributed by atoms with van der Waals surface area (Å²) in [7, 11) is 0. The molecule has 3 heterocycles. The molecule has 5 nitrogen and oxygen atoms in total. The number of ether oxygens (including phenoxy) is 3. The zero-order valence-electron chi connectivity index (χ0n) is 16.5. The second-order valence-corrected chi connectivity index (χ2v) is 9.79. The summed E-state index contributed by atoms with van der Waals surface area (Å²) >= 11 is 1.78. The molecular formula is C21H34N2O3S. The van der Waals surface area contributed by atoms with Crippen LogP contribution in [0.15, 0.2) is 11.6 Å². The molecule has 0 unspecified atom stereocenters. The van der Waals surface area contributed by atoms with E-state index in [4.69, 9.17) is 19.9 Å². The Morgan fingerprint density at radius 1 is 1.26 bits per heavy atom. The van der Waals surface area contributed by atoms with Gasteiger partial charge in [0.15, 0.2) is 0 Å². The van der Waals surface area contributed by atoms with Crippen molar-refractivity contribution in [1.82, 2.24) is 4.98 Å². The van der Waals surface area contributed by atoms with Gasteiger partial charge in [0.25, 0.3) is 0 Å². The third-order valence-corrected chi connectivity index (χ3v) is 7.81. The number of rotatable bonds is 8. The van der Waals surface area contributed by atoms with Gasteiger partial charge in [-0.05, 0) is 58.3 Å². The molecule has 152 valence electrons. The second kappa shape index (κ2) is 8.87. The normalized spacial score (nSPS) is 35.9. The van der Waals surface area contributed by atoms with Crippen molar-refractivity contribution in [2.75, 3.05) is 19.8 Å². The molecule has 5 rings (SSSR count). The summed E-state index contributed by atoms with van der Waals surface area (Å²) < 4.78 is 18.2. The molecule has 0 aromatic carbocycles. The molecule has 0 radical (unpaired) electrons. The molecule has 2 saturated heterocycles. The zero-order chi connectivity index (χ0) is 18.7. The van der Waals surface area contributed by atoms with Gasteiger partial charge in [0.05, 0.1) is 49.2 Å². The van der Waals surface area contributed by atoms with Gasteiger partial charge < -0.3 is 19.9 Å². The average Bonchev–Trinajstić information content (AvgIpc) is 3.27. The van der Waals surface area contributed by atoms with E-state index in [1.54, 1.807) is 11.3 Å². The van der Waals surface area contributed by atoms with Gasteiger partial charge in [-0.1, -0.05) is 0 Å². The lowest BCUT2D eigenvalue weighted by Gasteiger charge is -2.46. The Balaban J connectivity index is 1.14. The largest absolute Gasteiger partial charge is 0.378 e. The number of fused-ring (bicyclic) bond motifs is 3. The maximum atomic E-state index is 6.36. The van der Waals surface area contributed by atoms with Crippen LogP contribution < -0.4 is 5.73 Å². The highest BCUT2D eigenvalue weighted by Gasteiger charge is 2.42. The quantitative estimate of drug-likeness (QED) is 0.725. The number of aromatic nitrogens is 1. The number of hydrogen-bond donors (Lipinski definition) is 1. The van der Waals surface area contributed by atoms with E-state index in [0.717, 1.165) is 26.1 Å². The van der Waals surface area contributed by atoms with Gasteiger partial charge >= 0.3 is 0 Å². The van der Waals surface area contributed by atoms with Gasteiger partial charge in [-0.2, -0.15) is 0 Å². The van der Waals surface area contributed by atoms with E-state index in [2.05, 4.69) is 17.3 Å². The fourth-order valence-electron chi connectivity index (χ4n) is 4.72. The van der Waals surface area contributed by atoms with Crippen LogP contribution in [0.2, 0.25) is 0 Å². The molecule has 27 heavy (non-hydrogen) atoms. The van der Waals surface area contributed by atoms with Crippen molar-refractivity contribution in [2.24, 2.45) is 11.1 Å². The second-order valence-electron chi connectivity index (χ2n) is 8.87. The minimum Gasteiger partial charge on any atom is -0.378 e. The number of hydrogen-bond acceptors (Lipinski definition) is 6. The van der Waals surface area contributed by atoms with Crippen LogP contribution >= 0.6 is 11.3 Å².